The van der Waals surface area contributed by atoms with E-state index in [-0.39, 0.29) is 0 Å². The number of hydrogen-bond donors (Lipinski definition) is 1. The fraction of sp³-hybridized carbons (Fsp3) is 0.667. The van der Waals surface area contributed by atoms with Crippen molar-refractivity contribution in [2.75, 3.05) is 60.2 Å². The molecule has 6 nitrogen and oxygen atoms in total. The summed E-state index contributed by atoms with van der Waals surface area (Å²) in [5.74, 6) is 1.49. The molecule has 1 aromatic rings. The lowest BCUT2D eigenvalue weighted by Crippen LogP contribution is -2.45. The summed E-state index contributed by atoms with van der Waals surface area (Å²) in [6.45, 7) is 9.34. The molecule has 0 radical (unpaired) electrons. The van der Waals surface area contributed by atoms with Crippen molar-refractivity contribution in [2.24, 2.45) is 0 Å². The van der Waals surface area contributed by atoms with Crippen molar-refractivity contribution in [3.05, 3.63) is 23.8 Å². The van der Waals surface area contributed by atoms with Crippen LogP contribution in [0.25, 0.3) is 0 Å². The Labute approximate surface area is 175 Å². The van der Waals surface area contributed by atoms with E-state index in [0.29, 0.717) is 0 Å². The molecule has 1 aromatic carbocycles. The molecule has 1 fully saturated rings. The van der Waals surface area contributed by atoms with Gasteiger partial charge in [-0.2, -0.15) is 0 Å². The molecule has 0 aliphatic carbocycles. The highest BCUT2D eigenvalue weighted by Gasteiger charge is 2.16. The van der Waals surface area contributed by atoms with Gasteiger partial charge in [0.1, 0.15) is 0 Å². The average molecular weight is 410 g/mol. The molecule has 7 heteroatoms. The van der Waals surface area contributed by atoms with Crippen LogP contribution in [0, 0.1) is 0 Å². The first-order valence-electron chi connectivity index (χ1n) is 10.2. The van der Waals surface area contributed by atoms with E-state index in [2.05, 4.69) is 28.1 Å². The number of benzene rings is 1. The van der Waals surface area contributed by atoms with Gasteiger partial charge in [0.2, 0.25) is 0 Å². The standard InChI is InChI=1S/C21H35N3O3S/c1-4-5-6-9-22-21(28)24(11-10-23-12-14-27-15-13-23)17-18-7-8-19(25-2)20(16-18)26-3/h7-8,16H,4-6,9-15,17H2,1-3H3,(H,22,28). The van der Waals surface area contributed by atoms with Crippen LogP contribution in [0.5, 0.6) is 11.5 Å². The number of methoxy groups -OCH3 is 2. The summed E-state index contributed by atoms with van der Waals surface area (Å²) in [6, 6.07) is 6.05. The Balaban J connectivity index is 2.00. The second-order valence-electron chi connectivity index (χ2n) is 7.00. The van der Waals surface area contributed by atoms with Crippen molar-refractivity contribution in [3.8, 4) is 11.5 Å². The molecular formula is C21H35N3O3S. The fourth-order valence-corrected chi connectivity index (χ4v) is 3.48. The predicted molar refractivity (Wildman–Crippen MR) is 117 cm³/mol. The maximum Gasteiger partial charge on any atom is 0.169 e. The normalized spacial score (nSPS) is 14.5. The van der Waals surface area contributed by atoms with E-state index in [9.17, 15) is 0 Å². The minimum absolute atomic E-state index is 0.740. The first-order valence-corrected chi connectivity index (χ1v) is 10.6. The number of nitrogens with zero attached hydrogens (tertiary/aromatic N) is 2. The predicted octanol–water partition coefficient (Wildman–Crippen LogP) is 2.90. The average Bonchev–Trinajstić information content (AvgIpc) is 2.74. The topological polar surface area (TPSA) is 46.2 Å². The van der Waals surface area contributed by atoms with E-state index in [1.54, 1.807) is 14.2 Å². The van der Waals surface area contributed by atoms with Gasteiger partial charge in [0.05, 0.1) is 27.4 Å². The molecule has 1 heterocycles. The molecule has 0 spiro atoms. The number of morpholine rings is 1. The van der Waals surface area contributed by atoms with Crippen LogP contribution in [0.1, 0.15) is 31.7 Å². The number of thiocarbonyl (C=S) groups is 1. The monoisotopic (exact) mass is 409 g/mol. The summed E-state index contributed by atoms with van der Waals surface area (Å²) < 4.78 is 16.3. The summed E-state index contributed by atoms with van der Waals surface area (Å²) in [5.41, 5.74) is 1.15. The quantitative estimate of drug-likeness (QED) is 0.445. The molecule has 1 aliphatic heterocycles. The Morgan fingerprint density at radius 2 is 1.93 bits per heavy atom. The zero-order valence-corrected chi connectivity index (χ0v) is 18.4. The molecule has 0 bridgehead atoms. The number of hydrogen-bond acceptors (Lipinski definition) is 5. The molecule has 0 saturated carbocycles. The lowest BCUT2D eigenvalue weighted by Gasteiger charge is -2.31. The van der Waals surface area contributed by atoms with Crippen molar-refractivity contribution in [1.29, 1.82) is 0 Å². The Bertz CT molecular complexity index is 594. The smallest absolute Gasteiger partial charge is 0.169 e. The van der Waals surface area contributed by atoms with Crippen LogP contribution < -0.4 is 14.8 Å². The Morgan fingerprint density at radius 3 is 2.61 bits per heavy atom. The van der Waals surface area contributed by atoms with Crippen molar-refractivity contribution in [3.63, 3.8) is 0 Å². The van der Waals surface area contributed by atoms with Crippen LogP contribution in [0.3, 0.4) is 0 Å². The minimum Gasteiger partial charge on any atom is -0.493 e. The van der Waals surface area contributed by atoms with Crippen molar-refractivity contribution in [1.82, 2.24) is 15.1 Å². The second kappa shape index (κ2) is 12.8. The van der Waals surface area contributed by atoms with Crippen molar-refractivity contribution >= 4 is 17.3 Å². The van der Waals surface area contributed by atoms with Crippen LogP contribution in [-0.2, 0) is 11.3 Å². The largest absolute Gasteiger partial charge is 0.493 e. The molecule has 1 aliphatic rings. The van der Waals surface area contributed by atoms with Crippen LogP contribution in [0.15, 0.2) is 18.2 Å². The van der Waals surface area contributed by atoms with E-state index in [1.165, 1.54) is 12.8 Å². The Morgan fingerprint density at radius 1 is 1.18 bits per heavy atom. The summed E-state index contributed by atoms with van der Waals surface area (Å²) in [4.78, 5) is 4.68. The molecule has 1 N–H and O–H groups in total. The van der Waals surface area contributed by atoms with Gasteiger partial charge in [-0.1, -0.05) is 25.8 Å². The lowest BCUT2D eigenvalue weighted by atomic mass is 10.2. The van der Waals surface area contributed by atoms with Crippen LogP contribution in [-0.4, -0.2) is 75.1 Å². The first-order chi connectivity index (χ1) is 13.7. The van der Waals surface area contributed by atoms with Gasteiger partial charge in [-0.25, -0.2) is 0 Å². The number of rotatable bonds is 11. The molecule has 28 heavy (non-hydrogen) atoms. The Hall–Kier alpha value is -1.57. The SMILES string of the molecule is CCCCCNC(=S)N(CCN1CCOCC1)Cc1ccc(OC)c(OC)c1. The van der Waals surface area contributed by atoms with E-state index in [0.717, 1.165) is 81.1 Å². The van der Waals surface area contributed by atoms with E-state index in [4.69, 9.17) is 26.4 Å². The first kappa shape index (κ1) is 22.7. The van der Waals surface area contributed by atoms with E-state index in [1.807, 2.05) is 12.1 Å². The molecule has 158 valence electrons. The van der Waals surface area contributed by atoms with Gasteiger partial charge in [0.15, 0.2) is 16.6 Å². The third-order valence-corrected chi connectivity index (χ3v) is 5.36. The highest BCUT2D eigenvalue weighted by atomic mass is 32.1. The Kier molecular flexibility index (Phi) is 10.4. The molecule has 0 atom stereocenters. The molecule has 0 aromatic heterocycles. The van der Waals surface area contributed by atoms with Gasteiger partial charge in [-0.05, 0) is 36.3 Å². The highest BCUT2D eigenvalue weighted by molar-refractivity contribution is 7.80. The van der Waals surface area contributed by atoms with Gasteiger partial charge in [0, 0.05) is 39.3 Å². The van der Waals surface area contributed by atoms with Crippen molar-refractivity contribution in [2.45, 2.75) is 32.7 Å². The maximum atomic E-state index is 5.72. The summed E-state index contributed by atoms with van der Waals surface area (Å²) >= 11 is 5.72. The molecule has 0 amide bonds. The molecule has 0 unspecified atom stereocenters. The van der Waals surface area contributed by atoms with Gasteiger partial charge >= 0.3 is 0 Å². The number of nitrogens with one attached hydrogen (secondary N) is 1. The number of unbranched alkanes of at least 4 members (excludes halogenated alkanes) is 2. The second-order valence-corrected chi connectivity index (χ2v) is 7.39. The summed E-state index contributed by atoms with van der Waals surface area (Å²) in [6.07, 6.45) is 3.57. The summed E-state index contributed by atoms with van der Waals surface area (Å²) in [5, 5.41) is 4.25. The molecule has 1 saturated heterocycles. The van der Waals surface area contributed by atoms with Gasteiger partial charge in [-0.3, -0.25) is 4.90 Å². The minimum atomic E-state index is 0.740. The van der Waals surface area contributed by atoms with Gasteiger partial charge in [-0.15, -0.1) is 0 Å². The van der Waals surface area contributed by atoms with E-state index >= 15 is 0 Å². The molecular weight excluding hydrogens is 374 g/mol. The van der Waals surface area contributed by atoms with Crippen LogP contribution in [0.4, 0.5) is 0 Å². The lowest BCUT2D eigenvalue weighted by molar-refractivity contribution is 0.0357. The third-order valence-electron chi connectivity index (χ3n) is 4.96. The van der Waals surface area contributed by atoms with Crippen LogP contribution in [0.2, 0.25) is 0 Å². The zero-order chi connectivity index (χ0) is 20.2. The van der Waals surface area contributed by atoms with Crippen molar-refractivity contribution < 1.29 is 14.2 Å². The summed E-state index contributed by atoms with van der Waals surface area (Å²) in [7, 11) is 3.32. The third kappa shape index (κ3) is 7.45. The van der Waals surface area contributed by atoms with Gasteiger partial charge in [0.25, 0.3) is 0 Å². The maximum absolute atomic E-state index is 5.72. The molecule has 2 rings (SSSR count). The van der Waals surface area contributed by atoms with E-state index < -0.39 is 0 Å². The fourth-order valence-electron chi connectivity index (χ4n) is 3.22. The van der Waals surface area contributed by atoms with Gasteiger partial charge < -0.3 is 24.4 Å². The highest BCUT2D eigenvalue weighted by Crippen LogP contribution is 2.28. The van der Waals surface area contributed by atoms with Crippen LogP contribution >= 0.6 is 12.2 Å². The number of ether oxygens (including phenoxy) is 3. The zero-order valence-electron chi connectivity index (χ0n) is 17.5.